The van der Waals surface area contributed by atoms with Crippen LogP contribution in [0.2, 0.25) is 10.2 Å². The summed E-state index contributed by atoms with van der Waals surface area (Å²) >= 11 is 11.7. The van der Waals surface area contributed by atoms with Gasteiger partial charge < -0.3 is 9.30 Å². The summed E-state index contributed by atoms with van der Waals surface area (Å²) in [5.74, 6) is 0.436. The number of imidazole rings is 1. The second-order valence-electron chi connectivity index (χ2n) is 5.71. The molecule has 0 amide bonds. The summed E-state index contributed by atoms with van der Waals surface area (Å²) in [6.45, 7) is 3.86. The molecule has 140 valence electrons. The maximum Gasteiger partial charge on any atom is 0.417 e. The fraction of sp³-hybridized carbons (Fsp3) is 0.105. The number of benzene rings is 2. The highest BCUT2D eigenvalue weighted by molar-refractivity contribution is 6.30. The molecule has 0 unspecified atom stereocenters. The van der Waals surface area contributed by atoms with Crippen LogP contribution in [0.1, 0.15) is 11.1 Å². The van der Waals surface area contributed by atoms with Crippen molar-refractivity contribution >= 4 is 28.8 Å². The van der Waals surface area contributed by atoms with Gasteiger partial charge in [0, 0.05) is 11.6 Å². The lowest BCUT2D eigenvalue weighted by Crippen LogP contribution is -2.10. The van der Waals surface area contributed by atoms with E-state index >= 15 is 0 Å². The number of nitrogens with zero attached hydrogens (tertiary/aromatic N) is 2. The van der Waals surface area contributed by atoms with Crippen molar-refractivity contribution in [3.63, 3.8) is 0 Å². The van der Waals surface area contributed by atoms with Crippen molar-refractivity contribution in [3.8, 4) is 11.5 Å². The summed E-state index contributed by atoms with van der Waals surface area (Å²) in [6.07, 6.45) is -1.74. The van der Waals surface area contributed by atoms with Gasteiger partial charge >= 0.3 is 6.18 Å². The van der Waals surface area contributed by atoms with Crippen molar-refractivity contribution in [2.45, 2.75) is 12.7 Å². The predicted octanol–water partition coefficient (Wildman–Crippen LogP) is 6.71. The van der Waals surface area contributed by atoms with Gasteiger partial charge in [0.25, 0.3) is 0 Å². The minimum atomic E-state index is -4.57. The van der Waals surface area contributed by atoms with Crippen LogP contribution in [0.3, 0.4) is 0 Å². The Labute approximate surface area is 163 Å². The van der Waals surface area contributed by atoms with E-state index in [-0.39, 0.29) is 23.4 Å². The van der Waals surface area contributed by atoms with Crippen LogP contribution in [0.5, 0.6) is 11.5 Å². The number of ether oxygens (including phenoxy) is 1. The Morgan fingerprint density at radius 2 is 1.74 bits per heavy atom. The van der Waals surface area contributed by atoms with E-state index < -0.39 is 11.7 Å². The molecule has 0 saturated heterocycles. The van der Waals surface area contributed by atoms with E-state index in [4.69, 9.17) is 27.9 Å². The van der Waals surface area contributed by atoms with E-state index in [2.05, 4.69) is 11.6 Å². The Morgan fingerprint density at radius 1 is 1.07 bits per heavy atom. The van der Waals surface area contributed by atoms with Crippen LogP contribution in [0.4, 0.5) is 13.2 Å². The van der Waals surface area contributed by atoms with Crippen LogP contribution in [0, 0.1) is 0 Å². The highest BCUT2D eigenvalue weighted by Crippen LogP contribution is 2.38. The topological polar surface area (TPSA) is 27.1 Å². The van der Waals surface area contributed by atoms with Crippen molar-refractivity contribution < 1.29 is 17.9 Å². The predicted molar refractivity (Wildman–Crippen MR) is 99.2 cm³/mol. The molecular weight excluding hydrogens is 400 g/mol. The molecule has 27 heavy (non-hydrogen) atoms. The number of hydrogen-bond donors (Lipinski definition) is 0. The molecule has 0 saturated carbocycles. The number of rotatable bonds is 5. The van der Waals surface area contributed by atoms with Crippen LogP contribution in [0.15, 0.2) is 61.6 Å². The first-order valence-electron chi connectivity index (χ1n) is 7.72. The van der Waals surface area contributed by atoms with E-state index in [1.165, 1.54) is 29.2 Å². The molecule has 0 aliphatic rings. The van der Waals surface area contributed by atoms with Gasteiger partial charge in [0.2, 0.25) is 0 Å². The largest absolute Gasteiger partial charge is 0.457 e. The highest BCUT2D eigenvalue weighted by Gasteiger charge is 2.34. The second-order valence-corrected chi connectivity index (χ2v) is 6.53. The maximum atomic E-state index is 13.6. The second kappa shape index (κ2) is 7.66. The van der Waals surface area contributed by atoms with Crippen LogP contribution < -0.4 is 4.74 Å². The van der Waals surface area contributed by atoms with E-state index in [0.717, 1.165) is 6.07 Å². The van der Waals surface area contributed by atoms with Gasteiger partial charge in [-0.15, -0.1) is 0 Å². The zero-order valence-electron chi connectivity index (χ0n) is 13.8. The molecule has 8 heteroatoms. The van der Waals surface area contributed by atoms with Gasteiger partial charge in [0.15, 0.2) is 0 Å². The highest BCUT2D eigenvalue weighted by atomic mass is 35.5. The molecular formula is C19H13Cl2F3N2O. The third kappa shape index (κ3) is 4.64. The monoisotopic (exact) mass is 412 g/mol. The van der Waals surface area contributed by atoms with Crippen LogP contribution in [0.25, 0.3) is 5.57 Å². The third-order valence-corrected chi connectivity index (χ3v) is 4.32. The number of allylic oxidation sites excluding steroid dienone is 1. The van der Waals surface area contributed by atoms with Gasteiger partial charge in [0.1, 0.15) is 16.7 Å². The first-order chi connectivity index (χ1) is 12.7. The van der Waals surface area contributed by atoms with Gasteiger partial charge in [-0.05, 0) is 47.5 Å². The van der Waals surface area contributed by atoms with E-state index in [9.17, 15) is 13.2 Å². The van der Waals surface area contributed by atoms with E-state index in [0.29, 0.717) is 15.9 Å². The lowest BCUT2D eigenvalue weighted by Gasteiger charge is -2.17. The van der Waals surface area contributed by atoms with Gasteiger partial charge in [-0.25, -0.2) is 4.98 Å². The van der Waals surface area contributed by atoms with E-state index in [1.54, 1.807) is 24.3 Å². The average Bonchev–Trinajstić information content (AvgIpc) is 3.01. The molecule has 0 radical (unpaired) electrons. The molecule has 2 aromatic carbocycles. The lowest BCUT2D eigenvalue weighted by atomic mass is 10.00. The van der Waals surface area contributed by atoms with Crippen LogP contribution >= 0.6 is 23.2 Å². The summed E-state index contributed by atoms with van der Waals surface area (Å²) in [7, 11) is 0. The first-order valence-corrected chi connectivity index (χ1v) is 8.48. The summed E-state index contributed by atoms with van der Waals surface area (Å²) in [5, 5.41) is 0.815. The summed E-state index contributed by atoms with van der Waals surface area (Å²) < 4.78 is 47.7. The van der Waals surface area contributed by atoms with Crippen molar-refractivity contribution in [1.29, 1.82) is 0 Å². The molecule has 0 bridgehead atoms. The molecule has 1 aromatic heterocycles. The number of aromatic nitrogens is 2. The SMILES string of the molecule is C=C(Cn1cncc1Cl)c1ccc(Oc2ccc(Cl)cc2)cc1C(F)(F)F. The zero-order valence-corrected chi connectivity index (χ0v) is 15.3. The summed E-state index contributed by atoms with van der Waals surface area (Å²) in [6, 6.07) is 10.1. The average molecular weight is 413 g/mol. The Balaban J connectivity index is 1.91. The molecule has 3 aromatic rings. The minimum Gasteiger partial charge on any atom is -0.457 e. The van der Waals surface area contributed by atoms with Crippen LogP contribution in [-0.4, -0.2) is 9.55 Å². The van der Waals surface area contributed by atoms with Gasteiger partial charge in [-0.1, -0.05) is 35.8 Å². The molecule has 0 spiro atoms. The van der Waals surface area contributed by atoms with Crippen molar-refractivity contribution in [2.24, 2.45) is 0 Å². The van der Waals surface area contributed by atoms with Crippen LogP contribution in [-0.2, 0) is 12.7 Å². The minimum absolute atomic E-state index is 0.0317. The van der Waals surface area contributed by atoms with Crippen molar-refractivity contribution in [1.82, 2.24) is 9.55 Å². The molecule has 3 nitrogen and oxygen atoms in total. The van der Waals surface area contributed by atoms with Gasteiger partial charge in [-0.2, -0.15) is 13.2 Å². The molecule has 3 rings (SSSR count). The Morgan fingerprint density at radius 3 is 2.33 bits per heavy atom. The quantitative estimate of drug-likeness (QED) is 0.465. The Kier molecular flexibility index (Phi) is 5.48. The van der Waals surface area contributed by atoms with Gasteiger partial charge in [0.05, 0.1) is 18.1 Å². The maximum absolute atomic E-state index is 13.6. The van der Waals surface area contributed by atoms with Crippen molar-refractivity contribution in [3.05, 3.63) is 82.9 Å². The molecule has 0 N–H and O–H groups in total. The normalized spacial score (nSPS) is 11.4. The third-order valence-electron chi connectivity index (χ3n) is 3.75. The summed E-state index contributed by atoms with van der Waals surface area (Å²) in [4.78, 5) is 3.85. The smallest absolute Gasteiger partial charge is 0.417 e. The zero-order chi connectivity index (χ0) is 19.6. The van der Waals surface area contributed by atoms with E-state index in [1.807, 2.05) is 0 Å². The number of hydrogen-bond acceptors (Lipinski definition) is 2. The fourth-order valence-corrected chi connectivity index (χ4v) is 2.77. The number of alkyl halides is 3. The molecule has 0 aliphatic carbocycles. The molecule has 1 heterocycles. The summed E-state index contributed by atoms with van der Waals surface area (Å²) in [5.41, 5.74) is -0.619. The lowest BCUT2D eigenvalue weighted by molar-refractivity contribution is -0.137. The fourth-order valence-electron chi connectivity index (χ4n) is 2.48. The Bertz CT molecular complexity index is 966. The standard InChI is InChI=1S/C19H13Cl2F3N2O/c1-12(10-26-11-25-9-18(26)21)16-7-6-15(8-17(16)19(22,23)24)27-14-4-2-13(20)3-5-14/h2-9,11H,1,10H2. The Hall–Kier alpha value is -2.44. The molecule has 0 atom stereocenters. The van der Waals surface area contributed by atoms with Crippen molar-refractivity contribution in [2.75, 3.05) is 0 Å². The number of halogens is 5. The molecule has 0 fully saturated rings. The first kappa shape index (κ1) is 19.3. The molecule has 0 aliphatic heterocycles. The van der Waals surface area contributed by atoms with Gasteiger partial charge in [-0.3, -0.25) is 0 Å².